The molecule has 0 bridgehead atoms. The summed E-state index contributed by atoms with van der Waals surface area (Å²) in [6.07, 6.45) is 3.14. The molecule has 2 aromatic heterocycles. The largest absolute Gasteiger partial charge is 0.368 e. The van der Waals surface area contributed by atoms with Crippen LogP contribution in [0, 0.1) is 0 Å². The Bertz CT molecular complexity index is 1380. The summed E-state index contributed by atoms with van der Waals surface area (Å²) in [6, 6.07) is 11.7. The average molecular weight is 482 g/mol. The number of amides is 2. The van der Waals surface area contributed by atoms with Gasteiger partial charge in [0.25, 0.3) is 5.91 Å². The Morgan fingerprint density at radius 1 is 1.03 bits per heavy atom. The Hall–Kier alpha value is -3.77. The minimum absolute atomic E-state index is 0.101. The molecule has 1 aromatic carbocycles. The summed E-state index contributed by atoms with van der Waals surface area (Å²) >= 11 is 0. The summed E-state index contributed by atoms with van der Waals surface area (Å²) < 4.78 is 27.8. The normalized spacial score (nSPS) is 19.4. The number of hydrogen-bond acceptors (Lipinski definition) is 7. The van der Waals surface area contributed by atoms with Crippen molar-refractivity contribution in [2.75, 3.05) is 31.2 Å². The first-order valence-corrected chi connectivity index (χ1v) is 12.2. The van der Waals surface area contributed by atoms with Crippen molar-refractivity contribution in [2.45, 2.75) is 17.4 Å². The number of anilines is 1. The lowest BCUT2D eigenvalue weighted by molar-refractivity contribution is -0.125. The number of sulfonamides is 1. The number of carbonyl (C=O) groups excluding carboxylic acids is 2. The molecule has 0 radical (unpaired) electrons. The maximum atomic E-state index is 13.2. The molecule has 3 aromatic rings. The molecule has 0 spiro atoms. The highest BCUT2D eigenvalue weighted by Gasteiger charge is 2.38. The molecule has 2 aliphatic heterocycles. The van der Waals surface area contributed by atoms with Crippen molar-refractivity contribution in [1.82, 2.24) is 19.2 Å². The van der Waals surface area contributed by atoms with Crippen molar-refractivity contribution in [1.29, 1.82) is 0 Å². The van der Waals surface area contributed by atoms with Gasteiger partial charge in [0.05, 0.1) is 5.69 Å². The summed E-state index contributed by atoms with van der Waals surface area (Å²) in [4.78, 5) is 33.9. The van der Waals surface area contributed by atoms with Crippen LogP contribution in [0.15, 0.2) is 64.9 Å². The van der Waals surface area contributed by atoms with Gasteiger partial charge in [-0.1, -0.05) is 18.2 Å². The van der Waals surface area contributed by atoms with Crippen LogP contribution in [-0.4, -0.2) is 77.3 Å². The maximum Gasteiger partial charge on any atom is 0.270 e. The van der Waals surface area contributed by atoms with Crippen molar-refractivity contribution in [3.8, 4) is 0 Å². The smallest absolute Gasteiger partial charge is 0.270 e. The van der Waals surface area contributed by atoms with Crippen molar-refractivity contribution in [3.05, 3.63) is 54.9 Å². The molecule has 12 heteroatoms. The second-order valence-electron chi connectivity index (χ2n) is 8.10. The van der Waals surface area contributed by atoms with E-state index in [1.165, 1.54) is 15.5 Å². The number of primary amides is 1. The summed E-state index contributed by atoms with van der Waals surface area (Å²) in [5.74, 6) is -0.891. The number of hydrazone groups is 1. The van der Waals surface area contributed by atoms with Crippen LogP contribution in [0.1, 0.15) is 6.42 Å². The molecule has 176 valence electrons. The first-order valence-electron chi connectivity index (χ1n) is 10.8. The Morgan fingerprint density at radius 3 is 2.47 bits per heavy atom. The molecule has 1 atom stereocenters. The third-order valence-corrected chi connectivity index (χ3v) is 8.00. The SMILES string of the molecule is NC(=O)C1CC(C(=O)N2CCN(S(=O)(=O)c3c[nH]c4ncccc34)CC2)=NN1c1ccccc1. The van der Waals surface area contributed by atoms with Crippen molar-refractivity contribution < 1.29 is 18.0 Å². The Balaban J connectivity index is 1.30. The van der Waals surface area contributed by atoms with Gasteiger partial charge in [-0.3, -0.25) is 14.6 Å². The van der Waals surface area contributed by atoms with Gasteiger partial charge in [-0.25, -0.2) is 13.4 Å². The number of carbonyl (C=O) groups is 2. The monoisotopic (exact) mass is 481 g/mol. The van der Waals surface area contributed by atoms with E-state index in [2.05, 4.69) is 15.1 Å². The number of pyridine rings is 1. The number of fused-ring (bicyclic) bond motifs is 1. The molecule has 2 amide bonds. The van der Waals surface area contributed by atoms with E-state index in [9.17, 15) is 18.0 Å². The van der Waals surface area contributed by atoms with Crippen LogP contribution >= 0.6 is 0 Å². The molecule has 2 aliphatic rings. The molecule has 1 unspecified atom stereocenters. The van der Waals surface area contributed by atoms with E-state index in [1.807, 2.05) is 18.2 Å². The number of rotatable bonds is 5. The van der Waals surface area contributed by atoms with Crippen molar-refractivity contribution in [2.24, 2.45) is 10.8 Å². The molecule has 34 heavy (non-hydrogen) atoms. The number of hydrogen-bond donors (Lipinski definition) is 2. The van der Waals surface area contributed by atoms with Gasteiger partial charge in [-0.05, 0) is 24.3 Å². The second kappa shape index (κ2) is 8.54. The fraction of sp³-hybridized carbons (Fsp3) is 0.273. The molecule has 11 nitrogen and oxygen atoms in total. The van der Waals surface area contributed by atoms with E-state index < -0.39 is 22.0 Å². The number of para-hydroxylation sites is 1. The minimum atomic E-state index is -3.75. The number of nitrogens with zero attached hydrogens (tertiary/aromatic N) is 5. The molecule has 0 saturated carbocycles. The lowest BCUT2D eigenvalue weighted by atomic mass is 10.1. The van der Waals surface area contributed by atoms with Gasteiger partial charge in [-0.15, -0.1) is 0 Å². The first-order chi connectivity index (χ1) is 16.4. The predicted octanol–water partition coefficient (Wildman–Crippen LogP) is 0.516. The number of aromatic nitrogens is 2. The Labute approximate surface area is 195 Å². The Morgan fingerprint density at radius 2 is 1.76 bits per heavy atom. The van der Waals surface area contributed by atoms with Crippen LogP contribution in [0.4, 0.5) is 5.69 Å². The van der Waals surface area contributed by atoms with Crippen LogP contribution < -0.4 is 10.7 Å². The second-order valence-corrected chi connectivity index (χ2v) is 10.0. The van der Waals surface area contributed by atoms with Crippen molar-refractivity contribution in [3.63, 3.8) is 0 Å². The average Bonchev–Trinajstić information content (AvgIpc) is 3.50. The van der Waals surface area contributed by atoms with Gasteiger partial charge in [-0.2, -0.15) is 9.41 Å². The van der Waals surface area contributed by atoms with Gasteiger partial charge < -0.3 is 15.6 Å². The van der Waals surface area contributed by atoms with E-state index in [-0.39, 0.29) is 49.1 Å². The Kier molecular flexibility index (Phi) is 5.54. The number of benzene rings is 1. The lowest BCUT2D eigenvalue weighted by Gasteiger charge is -2.33. The highest BCUT2D eigenvalue weighted by atomic mass is 32.2. The molecule has 4 heterocycles. The highest BCUT2D eigenvalue weighted by Crippen LogP contribution is 2.27. The quantitative estimate of drug-likeness (QED) is 0.543. The highest BCUT2D eigenvalue weighted by molar-refractivity contribution is 7.89. The van der Waals surface area contributed by atoms with Gasteiger partial charge in [0.2, 0.25) is 15.9 Å². The van der Waals surface area contributed by atoms with E-state index in [0.29, 0.717) is 16.7 Å². The third-order valence-electron chi connectivity index (χ3n) is 6.06. The van der Waals surface area contributed by atoms with Crippen LogP contribution in [0.3, 0.4) is 0 Å². The zero-order valence-corrected chi connectivity index (χ0v) is 19.0. The summed E-state index contributed by atoms with van der Waals surface area (Å²) in [7, 11) is -3.75. The van der Waals surface area contributed by atoms with Gasteiger partial charge in [0, 0.05) is 50.4 Å². The first kappa shape index (κ1) is 22.0. The summed E-state index contributed by atoms with van der Waals surface area (Å²) in [5, 5.41) is 6.39. The van der Waals surface area contributed by atoms with Gasteiger partial charge in [0.15, 0.2) is 0 Å². The van der Waals surface area contributed by atoms with E-state index in [1.54, 1.807) is 35.4 Å². The number of nitrogens with two attached hydrogens (primary N) is 1. The van der Waals surface area contributed by atoms with Crippen LogP contribution in [0.2, 0.25) is 0 Å². The molecular formula is C22H23N7O4S. The number of aromatic amines is 1. The van der Waals surface area contributed by atoms with Gasteiger partial charge in [0.1, 0.15) is 22.3 Å². The maximum absolute atomic E-state index is 13.2. The zero-order chi connectivity index (χ0) is 23.9. The predicted molar refractivity (Wildman–Crippen MR) is 125 cm³/mol. The van der Waals surface area contributed by atoms with Crippen molar-refractivity contribution >= 4 is 44.3 Å². The molecule has 1 saturated heterocycles. The molecule has 0 aliphatic carbocycles. The fourth-order valence-corrected chi connectivity index (χ4v) is 5.85. The van der Waals surface area contributed by atoms with E-state index in [0.717, 1.165) is 0 Å². The van der Waals surface area contributed by atoms with Crippen LogP contribution in [0.5, 0.6) is 0 Å². The summed E-state index contributed by atoms with van der Waals surface area (Å²) in [6.45, 7) is 0.723. The topological polar surface area (TPSA) is 145 Å². The number of H-pyrrole nitrogens is 1. The summed E-state index contributed by atoms with van der Waals surface area (Å²) in [5.41, 5.74) is 6.95. The fourth-order valence-electron chi connectivity index (χ4n) is 4.28. The molecular weight excluding hydrogens is 458 g/mol. The number of piperazine rings is 1. The van der Waals surface area contributed by atoms with Gasteiger partial charge >= 0.3 is 0 Å². The molecule has 3 N–H and O–H groups in total. The number of nitrogens with one attached hydrogen (secondary N) is 1. The molecule has 1 fully saturated rings. The van der Waals surface area contributed by atoms with Crippen LogP contribution in [-0.2, 0) is 19.6 Å². The minimum Gasteiger partial charge on any atom is -0.368 e. The lowest BCUT2D eigenvalue weighted by Crippen LogP contribution is -2.52. The van der Waals surface area contributed by atoms with Crippen LogP contribution in [0.25, 0.3) is 11.0 Å². The zero-order valence-electron chi connectivity index (χ0n) is 18.2. The van der Waals surface area contributed by atoms with E-state index in [4.69, 9.17) is 5.73 Å². The third kappa shape index (κ3) is 3.80. The molecule has 5 rings (SSSR count). The van der Waals surface area contributed by atoms with E-state index >= 15 is 0 Å². The standard InChI is InChI=1S/C22H23N7O4S/c23-20(30)18-13-17(26-29(18)15-5-2-1-3-6-15)22(31)27-9-11-28(12-10-27)34(32,33)19-14-25-21-16(19)7-4-8-24-21/h1-8,14,18H,9-13H2,(H2,23,30)(H,24,25).